The number of hydrogen-bond acceptors (Lipinski definition) is 3. The molecule has 0 bridgehead atoms. The number of nitrogens with zero attached hydrogens (tertiary/aromatic N) is 2. The number of aromatic nitrogens is 2. The molecule has 0 saturated heterocycles. The van der Waals surface area contributed by atoms with Gasteiger partial charge in [-0.25, -0.2) is 18.7 Å². The van der Waals surface area contributed by atoms with Crippen molar-refractivity contribution in [2.24, 2.45) is 0 Å². The molecular formula is C14H9F2N3. The van der Waals surface area contributed by atoms with E-state index in [0.29, 0.717) is 16.7 Å². The van der Waals surface area contributed by atoms with Gasteiger partial charge in [0.2, 0.25) is 0 Å². The van der Waals surface area contributed by atoms with Crippen LogP contribution in [-0.4, -0.2) is 9.97 Å². The molecule has 5 heteroatoms. The Morgan fingerprint density at radius 3 is 2.37 bits per heavy atom. The van der Waals surface area contributed by atoms with Gasteiger partial charge in [0.15, 0.2) is 0 Å². The molecule has 0 atom stereocenters. The van der Waals surface area contributed by atoms with Crippen LogP contribution >= 0.6 is 0 Å². The molecule has 1 heterocycles. The Kier molecular flexibility index (Phi) is 2.79. The molecule has 1 aromatic heterocycles. The van der Waals surface area contributed by atoms with Crippen molar-refractivity contribution in [1.29, 1.82) is 0 Å². The predicted octanol–water partition coefficient (Wildman–Crippen LogP) is 3.65. The fourth-order valence-corrected chi connectivity index (χ4v) is 1.84. The van der Waals surface area contributed by atoms with E-state index in [0.717, 1.165) is 0 Å². The first-order valence-electron chi connectivity index (χ1n) is 5.66. The van der Waals surface area contributed by atoms with E-state index in [1.54, 1.807) is 12.1 Å². The molecule has 2 aromatic carbocycles. The molecule has 0 amide bonds. The minimum atomic E-state index is -0.664. The average Bonchev–Trinajstić information content (AvgIpc) is 2.43. The highest BCUT2D eigenvalue weighted by molar-refractivity contribution is 5.90. The van der Waals surface area contributed by atoms with Crippen LogP contribution in [0.3, 0.4) is 0 Å². The van der Waals surface area contributed by atoms with E-state index in [-0.39, 0.29) is 5.69 Å². The Morgan fingerprint density at radius 1 is 0.842 bits per heavy atom. The van der Waals surface area contributed by atoms with Crippen LogP contribution in [0.15, 0.2) is 48.8 Å². The van der Waals surface area contributed by atoms with Crippen LogP contribution in [0.1, 0.15) is 0 Å². The number of rotatable bonds is 2. The number of anilines is 2. The van der Waals surface area contributed by atoms with Crippen LogP contribution in [0.5, 0.6) is 0 Å². The van der Waals surface area contributed by atoms with Gasteiger partial charge in [-0.2, -0.15) is 0 Å². The third kappa shape index (κ3) is 2.10. The molecule has 3 nitrogen and oxygen atoms in total. The van der Waals surface area contributed by atoms with E-state index in [4.69, 9.17) is 0 Å². The molecule has 0 unspecified atom stereocenters. The summed E-state index contributed by atoms with van der Waals surface area (Å²) in [6.07, 6.45) is 1.35. The highest BCUT2D eigenvalue weighted by Crippen LogP contribution is 2.26. The zero-order valence-electron chi connectivity index (χ0n) is 9.77. The number of hydrogen-bond donors (Lipinski definition) is 1. The van der Waals surface area contributed by atoms with Crippen LogP contribution in [0.4, 0.5) is 20.3 Å². The first kappa shape index (κ1) is 11.5. The van der Waals surface area contributed by atoms with Gasteiger partial charge < -0.3 is 5.32 Å². The standard InChI is InChI=1S/C14H9F2N3/c15-10-5-3-6-11(16)13(10)19-14-9-4-1-2-7-12(9)17-8-18-14/h1-8H,(H,17,18,19). The summed E-state index contributed by atoms with van der Waals surface area (Å²) in [5.41, 5.74) is 0.489. The zero-order valence-corrected chi connectivity index (χ0v) is 9.77. The SMILES string of the molecule is Fc1cccc(F)c1Nc1ncnc2ccccc12. The minimum absolute atomic E-state index is 0.216. The molecule has 1 N–H and O–H groups in total. The van der Waals surface area contributed by atoms with E-state index in [1.807, 2.05) is 12.1 Å². The average molecular weight is 257 g/mol. The van der Waals surface area contributed by atoms with Crippen molar-refractivity contribution < 1.29 is 8.78 Å². The number of nitrogens with one attached hydrogen (secondary N) is 1. The summed E-state index contributed by atoms with van der Waals surface area (Å²) in [7, 11) is 0. The second-order valence-electron chi connectivity index (χ2n) is 3.96. The molecule has 3 rings (SSSR count). The van der Waals surface area contributed by atoms with Crippen LogP contribution in [0.25, 0.3) is 10.9 Å². The van der Waals surface area contributed by atoms with E-state index in [1.165, 1.54) is 24.5 Å². The van der Waals surface area contributed by atoms with Crippen molar-refractivity contribution in [3.05, 3.63) is 60.4 Å². The smallest absolute Gasteiger partial charge is 0.149 e. The lowest BCUT2D eigenvalue weighted by Gasteiger charge is -2.09. The Labute approximate surface area is 107 Å². The van der Waals surface area contributed by atoms with Crippen molar-refractivity contribution in [2.45, 2.75) is 0 Å². The van der Waals surface area contributed by atoms with Crippen molar-refractivity contribution in [3.63, 3.8) is 0 Å². The molecule has 0 saturated carbocycles. The molecule has 0 fully saturated rings. The first-order valence-corrected chi connectivity index (χ1v) is 5.66. The summed E-state index contributed by atoms with van der Waals surface area (Å²) in [6, 6.07) is 10.9. The summed E-state index contributed by atoms with van der Waals surface area (Å²) in [5.74, 6) is -0.958. The number of halogens is 2. The highest BCUT2D eigenvalue weighted by atomic mass is 19.1. The monoisotopic (exact) mass is 257 g/mol. The molecular weight excluding hydrogens is 248 g/mol. The number of para-hydroxylation sites is 2. The van der Waals surface area contributed by atoms with E-state index >= 15 is 0 Å². The van der Waals surface area contributed by atoms with Gasteiger partial charge in [-0.05, 0) is 24.3 Å². The van der Waals surface area contributed by atoms with Crippen LogP contribution in [-0.2, 0) is 0 Å². The van der Waals surface area contributed by atoms with Gasteiger partial charge in [0.05, 0.1) is 5.52 Å². The summed E-state index contributed by atoms with van der Waals surface area (Å²) in [6.45, 7) is 0. The maximum Gasteiger partial charge on any atom is 0.149 e. The molecule has 94 valence electrons. The van der Waals surface area contributed by atoms with Crippen molar-refractivity contribution >= 4 is 22.4 Å². The van der Waals surface area contributed by atoms with Gasteiger partial charge >= 0.3 is 0 Å². The maximum atomic E-state index is 13.6. The quantitative estimate of drug-likeness (QED) is 0.761. The second-order valence-corrected chi connectivity index (χ2v) is 3.96. The maximum absolute atomic E-state index is 13.6. The van der Waals surface area contributed by atoms with E-state index in [9.17, 15) is 8.78 Å². The van der Waals surface area contributed by atoms with Crippen LogP contribution < -0.4 is 5.32 Å². The van der Waals surface area contributed by atoms with Gasteiger partial charge in [0, 0.05) is 5.39 Å². The molecule has 0 aliphatic rings. The highest BCUT2D eigenvalue weighted by Gasteiger charge is 2.10. The number of benzene rings is 2. The molecule has 3 aromatic rings. The topological polar surface area (TPSA) is 37.8 Å². The fourth-order valence-electron chi connectivity index (χ4n) is 1.84. The lowest BCUT2D eigenvalue weighted by Crippen LogP contribution is -2.00. The fraction of sp³-hybridized carbons (Fsp3) is 0. The third-order valence-corrected chi connectivity index (χ3v) is 2.75. The Bertz CT molecular complexity index is 718. The van der Waals surface area contributed by atoms with Gasteiger partial charge in [-0.15, -0.1) is 0 Å². The summed E-state index contributed by atoms with van der Waals surface area (Å²) in [4.78, 5) is 8.12. The van der Waals surface area contributed by atoms with Crippen molar-refractivity contribution in [2.75, 3.05) is 5.32 Å². The normalized spacial score (nSPS) is 10.6. The second kappa shape index (κ2) is 4.61. The molecule has 19 heavy (non-hydrogen) atoms. The summed E-state index contributed by atoms with van der Waals surface area (Å²) in [5, 5.41) is 3.38. The Morgan fingerprint density at radius 2 is 1.58 bits per heavy atom. The Balaban J connectivity index is 2.11. The van der Waals surface area contributed by atoms with Gasteiger partial charge in [-0.1, -0.05) is 18.2 Å². The van der Waals surface area contributed by atoms with Gasteiger partial charge in [0.1, 0.15) is 29.5 Å². The third-order valence-electron chi connectivity index (χ3n) is 2.75. The van der Waals surface area contributed by atoms with Gasteiger partial charge in [-0.3, -0.25) is 0 Å². The first-order chi connectivity index (χ1) is 9.25. The number of fused-ring (bicyclic) bond motifs is 1. The zero-order chi connectivity index (χ0) is 13.2. The molecule has 0 spiro atoms. The molecule has 0 aliphatic carbocycles. The van der Waals surface area contributed by atoms with Gasteiger partial charge in [0.25, 0.3) is 0 Å². The van der Waals surface area contributed by atoms with Crippen LogP contribution in [0, 0.1) is 11.6 Å². The van der Waals surface area contributed by atoms with Crippen molar-refractivity contribution in [1.82, 2.24) is 9.97 Å². The predicted molar refractivity (Wildman–Crippen MR) is 69.2 cm³/mol. The van der Waals surface area contributed by atoms with Crippen molar-refractivity contribution in [3.8, 4) is 0 Å². The van der Waals surface area contributed by atoms with E-state index in [2.05, 4.69) is 15.3 Å². The summed E-state index contributed by atoms with van der Waals surface area (Å²) >= 11 is 0. The minimum Gasteiger partial charge on any atom is -0.335 e. The lowest BCUT2D eigenvalue weighted by molar-refractivity contribution is 0.590. The summed E-state index contributed by atoms with van der Waals surface area (Å²) < 4.78 is 27.2. The molecule has 0 radical (unpaired) electrons. The largest absolute Gasteiger partial charge is 0.335 e. The Hall–Kier alpha value is -2.56. The van der Waals surface area contributed by atoms with Crippen LogP contribution in [0.2, 0.25) is 0 Å². The lowest BCUT2D eigenvalue weighted by atomic mass is 10.2. The molecule has 0 aliphatic heterocycles. The van der Waals surface area contributed by atoms with E-state index < -0.39 is 11.6 Å².